The monoisotopic (exact) mass is 398 g/mol. The van der Waals surface area contributed by atoms with Crippen LogP contribution in [-0.4, -0.2) is 31.7 Å². The molecule has 0 unspecified atom stereocenters. The number of nitrogens with one attached hydrogen (secondary N) is 1. The van der Waals surface area contributed by atoms with E-state index in [1.54, 1.807) is 16.4 Å². The molecule has 0 radical (unpaired) electrons. The maximum Gasteiger partial charge on any atom is 0.261 e. The van der Waals surface area contributed by atoms with Crippen LogP contribution < -0.4 is 5.32 Å². The molecule has 25 heavy (non-hydrogen) atoms. The largest absolute Gasteiger partial charge is 0.346 e. The van der Waals surface area contributed by atoms with Gasteiger partial charge >= 0.3 is 0 Å². The predicted octanol–water partition coefficient (Wildman–Crippen LogP) is 3.47. The third-order valence-electron chi connectivity index (χ3n) is 4.47. The van der Waals surface area contributed by atoms with Gasteiger partial charge in [-0.3, -0.25) is 4.79 Å². The molecule has 1 aliphatic heterocycles. The topological polar surface area (TPSA) is 66.5 Å². The normalized spacial score (nSPS) is 16.9. The molecule has 0 aliphatic carbocycles. The maximum absolute atomic E-state index is 12.7. The summed E-state index contributed by atoms with van der Waals surface area (Å²) in [5.41, 5.74) is 0.955. The number of carbonyl (C=O) groups excluding carboxylic acids is 1. The first-order chi connectivity index (χ1) is 11.9. The lowest BCUT2D eigenvalue weighted by Crippen LogP contribution is -2.37. The van der Waals surface area contributed by atoms with E-state index < -0.39 is 10.0 Å². The molecular formula is C17H22N2O3S3. The van der Waals surface area contributed by atoms with Crippen molar-refractivity contribution in [3.8, 4) is 0 Å². The van der Waals surface area contributed by atoms with Crippen molar-refractivity contribution < 1.29 is 13.2 Å². The molecule has 0 saturated carbocycles. The first kappa shape index (κ1) is 18.6. The van der Waals surface area contributed by atoms with Crippen LogP contribution in [-0.2, 0) is 16.6 Å². The van der Waals surface area contributed by atoms with Crippen molar-refractivity contribution in [2.75, 3.05) is 13.1 Å². The van der Waals surface area contributed by atoms with E-state index in [2.05, 4.69) is 12.2 Å². The van der Waals surface area contributed by atoms with E-state index in [1.807, 2.05) is 18.4 Å². The van der Waals surface area contributed by atoms with Gasteiger partial charge in [0.2, 0.25) is 0 Å². The fraction of sp³-hybridized carbons (Fsp3) is 0.471. The molecule has 3 rings (SSSR count). The fourth-order valence-corrected chi connectivity index (χ4v) is 6.56. The van der Waals surface area contributed by atoms with E-state index in [0.717, 1.165) is 23.3 Å². The van der Waals surface area contributed by atoms with E-state index in [4.69, 9.17) is 0 Å². The lowest BCUT2D eigenvalue weighted by Gasteiger charge is -2.28. The van der Waals surface area contributed by atoms with Crippen molar-refractivity contribution in [2.45, 2.75) is 37.4 Å². The van der Waals surface area contributed by atoms with E-state index in [-0.39, 0.29) is 5.91 Å². The molecule has 0 spiro atoms. The van der Waals surface area contributed by atoms with Gasteiger partial charge in [0.25, 0.3) is 15.9 Å². The maximum atomic E-state index is 12.7. The van der Waals surface area contributed by atoms with Crippen molar-refractivity contribution in [1.29, 1.82) is 0 Å². The Morgan fingerprint density at radius 3 is 2.64 bits per heavy atom. The average Bonchev–Trinajstić information content (AvgIpc) is 3.22. The third-order valence-corrected chi connectivity index (χ3v) is 8.93. The molecule has 2 aromatic rings. The summed E-state index contributed by atoms with van der Waals surface area (Å²) in [6.07, 6.45) is 1.82. The zero-order valence-corrected chi connectivity index (χ0v) is 16.8. The van der Waals surface area contributed by atoms with Crippen LogP contribution in [0.4, 0.5) is 0 Å². The summed E-state index contributed by atoms with van der Waals surface area (Å²) in [5.74, 6) is 0.469. The van der Waals surface area contributed by atoms with Crippen molar-refractivity contribution in [3.05, 3.63) is 38.9 Å². The minimum Gasteiger partial charge on any atom is -0.346 e. The molecule has 1 aliphatic rings. The second-order valence-corrected chi connectivity index (χ2v) is 10.7. The standard InChI is InChI=1S/C17H22N2O3S3/c1-12-5-8-19(9-6-12)25(21,22)15-4-3-14(24-15)11-18-17(20)16-13(2)7-10-23-16/h3-4,7,10,12H,5-6,8-9,11H2,1-2H3,(H,18,20). The highest BCUT2D eigenvalue weighted by Gasteiger charge is 2.29. The van der Waals surface area contributed by atoms with Crippen LogP contribution in [0, 0.1) is 12.8 Å². The molecule has 1 fully saturated rings. The van der Waals surface area contributed by atoms with E-state index >= 15 is 0 Å². The first-order valence-electron chi connectivity index (χ1n) is 8.29. The van der Waals surface area contributed by atoms with Crippen molar-refractivity contribution in [3.63, 3.8) is 0 Å². The molecule has 8 heteroatoms. The number of nitrogens with zero attached hydrogens (tertiary/aromatic N) is 1. The number of aryl methyl sites for hydroxylation is 1. The van der Waals surface area contributed by atoms with Gasteiger partial charge in [0.05, 0.1) is 11.4 Å². The van der Waals surface area contributed by atoms with Gasteiger partial charge in [-0.2, -0.15) is 4.31 Å². The van der Waals surface area contributed by atoms with E-state index in [0.29, 0.717) is 34.6 Å². The number of carbonyl (C=O) groups is 1. The van der Waals surface area contributed by atoms with Crippen molar-refractivity contribution in [1.82, 2.24) is 9.62 Å². The zero-order chi connectivity index (χ0) is 18.0. The second-order valence-electron chi connectivity index (χ2n) is 6.42. The Balaban J connectivity index is 1.64. The number of thiophene rings is 2. The van der Waals surface area contributed by atoms with Gasteiger partial charge in [0, 0.05) is 18.0 Å². The Kier molecular flexibility index (Phi) is 5.62. The van der Waals surface area contributed by atoms with Gasteiger partial charge in [-0.05, 0) is 54.8 Å². The highest BCUT2D eigenvalue weighted by atomic mass is 32.2. The zero-order valence-electron chi connectivity index (χ0n) is 14.3. The summed E-state index contributed by atoms with van der Waals surface area (Å²) in [5, 5.41) is 4.75. The van der Waals surface area contributed by atoms with Gasteiger partial charge in [0.15, 0.2) is 0 Å². The summed E-state index contributed by atoms with van der Waals surface area (Å²) in [6.45, 7) is 5.58. The number of amides is 1. The summed E-state index contributed by atoms with van der Waals surface area (Å²) in [4.78, 5) is 13.7. The van der Waals surface area contributed by atoms with Gasteiger partial charge in [-0.15, -0.1) is 22.7 Å². The van der Waals surface area contributed by atoms with Gasteiger partial charge in [0.1, 0.15) is 4.21 Å². The van der Waals surface area contributed by atoms with Crippen LogP contribution in [0.1, 0.15) is 39.9 Å². The fourth-order valence-electron chi connectivity index (χ4n) is 2.80. The smallest absolute Gasteiger partial charge is 0.261 e. The number of rotatable bonds is 5. The molecule has 5 nitrogen and oxygen atoms in total. The molecule has 0 bridgehead atoms. The molecule has 0 atom stereocenters. The minimum absolute atomic E-state index is 0.115. The van der Waals surface area contributed by atoms with Crippen LogP contribution in [0.2, 0.25) is 0 Å². The Morgan fingerprint density at radius 2 is 2.00 bits per heavy atom. The minimum atomic E-state index is -3.41. The van der Waals surface area contributed by atoms with Gasteiger partial charge < -0.3 is 5.32 Å². The Labute approximate surface area is 156 Å². The van der Waals surface area contributed by atoms with Crippen LogP contribution in [0.25, 0.3) is 0 Å². The summed E-state index contributed by atoms with van der Waals surface area (Å²) in [7, 11) is -3.41. The third kappa shape index (κ3) is 4.13. The molecule has 136 valence electrons. The first-order valence-corrected chi connectivity index (χ1v) is 11.4. The van der Waals surface area contributed by atoms with Crippen LogP contribution in [0.3, 0.4) is 0 Å². The summed E-state index contributed by atoms with van der Waals surface area (Å²) < 4.78 is 27.4. The number of sulfonamides is 1. The van der Waals surface area contributed by atoms with Crippen LogP contribution in [0.5, 0.6) is 0 Å². The van der Waals surface area contributed by atoms with Crippen molar-refractivity contribution in [2.24, 2.45) is 5.92 Å². The predicted molar refractivity (Wildman–Crippen MR) is 102 cm³/mol. The van der Waals surface area contributed by atoms with Crippen LogP contribution in [0.15, 0.2) is 27.8 Å². The summed E-state index contributed by atoms with van der Waals surface area (Å²) in [6, 6.07) is 5.34. The SMILES string of the molecule is Cc1ccsc1C(=O)NCc1ccc(S(=O)(=O)N2CCC(C)CC2)s1. The molecule has 2 aromatic heterocycles. The molecule has 1 amide bonds. The van der Waals surface area contributed by atoms with Gasteiger partial charge in [-0.1, -0.05) is 6.92 Å². The highest BCUT2D eigenvalue weighted by Crippen LogP contribution is 2.28. The Morgan fingerprint density at radius 1 is 1.28 bits per heavy atom. The number of piperidine rings is 1. The quantitative estimate of drug-likeness (QED) is 0.839. The van der Waals surface area contributed by atoms with Crippen LogP contribution >= 0.6 is 22.7 Å². The van der Waals surface area contributed by atoms with E-state index in [9.17, 15) is 13.2 Å². The lowest BCUT2D eigenvalue weighted by molar-refractivity contribution is 0.0955. The number of hydrogen-bond donors (Lipinski definition) is 1. The second kappa shape index (κ2) is 7.57. The molecular weight excluding hydrogens is 376 g/mol. The van der Waals surface area contributed by atoms with Crippen molar-refractivity contribution >= 4 is 38.6 Å². The highest BCUT2D eigenvalue weighted by molar-refractivity contribution is 7.91. The molecule has 1 N–H and O–H groups in total. The molecule has 3 heterocycles. The lowest BCUT2D eigenvalue weighted by atomic mass is 10.0. The summed E-state index contributed by atoms with van der Waals surface area (Å²) >= 11 is 2.65. The number of hydrogen-bond acceptors (Lipinski definition) is 5. The van der Waals surface area contributed by atoms with E-state index in [1.165, 1.54) is 22.7 Å². The Bertz CT molecular complexity index is 846. The molecule has 0 aromatic carbocycles. The average molecular weight is 399 g/mol. The van der Waals surface area contributed by atoms with Gasteiger partial charge in [-0.25, -0.2) is 8.42 Å². The molecule has 1 saturated heterocycles. The Hall–Kier alpha value is -1.22.